The number of hydrogen-bond donors (Lipinski definition) is 3. The molecule has 0 aliphatic carbocycles. The summed E-state index contributed by atoms with van der Waals surface area (Å²) in [6.07, 6.45) is 51.2. The number of carbonyl (C=O) groups excluding carboxylic acids is 1. The van der Waals surface area contributed by atoms with Crippen molar-refractivity contribution >= 4 is 18.5 Å². The minimum absolute atomic E-state index is 0.254. The van der Waals surface area contributed by atoms with Gasteiger partial charge >= 0.3 is 0 Å². The molecule has 4 heteroatoms. The van der Waals surface area contributed by atoms with E-state index in [9.17, 15) is 4.79 Å². The lowest BCUT2D eigenvalue weighted by Gasteiger charge is -2.05. The van der Waals surface area contributed by atoms with Crippen molar-refractivity contribution in [2.75, 3.05) is 5.75 Å². The smallest absolute Gasteiger partial charge is 0.243 e. The Kier molecular flexibility index (Phi) is 39.6. The standard InChI is InChI=1S/C39H79NO2S/c41-39(40-42)37-35-33-31-29-27-25-23-21-19-17-15-13-11-9-7-5-3-1-2-4-6-8-10-12-14-16-18-20-22-24-26-28-30-32-34-36-38-43/h42-43H,1-38H2,(H,40,41). The minimum Gasteiger partial charge on any atom is -0.289 e. The van der Waals surface area contributed by atoms with Gasteiger partial charge in [0.25, 0.3) is 0 Å². The van der Waals surface area contributed by atoms with Crippen molar-refractivity contribution in [3.8, 4) is 0 Å². The van der Waals surface area contributed by atoms with Gasteiger partial charge in [0.15, 0.2) is 0 Å². The van der Waals surface area contributed by atoms with Crippen LogP contribution in [0.15, 0.2) is 0 Å². The Labute approximate surface area is 276 Å². The number of nitrogens with one attached hydrogen (secondary N) is 1. The maximum atomic E-state index is 10.9. The Balaban J connectivity index is 3.04. The number of unbranched alkanes of at least 4 members (excludes halogenated alkanes) is 35. The first-order valence-electron chi connectivity index (χ1n) is 19.8. The fourth-order valence-electron chi connectivity index (χ4n) is 6.46. The zero-order chi connectivity index (χ0) is 31.2. The topological polar surface area (TPSA) is 49.3 Å². The van der Waals surface area contributed by atoms with E-state index < -0.39 is 0 Å². The van der Waals surface area contributed by atoms with E-state index in [0.717, 1.165) is 18.6 Å². The van der Waals surface area contributed by atoms with Crippen molar-refractivity contribution in [2.45, 2.75) is 238 Å². The van der Waals surface area contributed by atoms with Gasteiger partial charge in [0.05, 0.1) is 0 Å². The Morgan fingerprint density at radius 3 is 0.651 bits per heavy atom. The first-order chi connectivity index (χ1) is 21.3. The molecular weight excluding hydrogens is 547 g/mol. The highest BCUT2D eigenvalue weighted by Crippen LogP contribution is 2.17. The molecule has 0 aromatic heterocycles. The van der Waals surface area contributed by atoms with Crippen LogP contribution < -0.4 is 5.48 Å². The third-order valence-electron chi connectivity index (χ3n) is 9.44. The van der Waals surface area contributed by atoms with Crippen molar-refractivity contribution in [3.63, 3.8) is 0 Å². The summed E-state index contributed by atoms with van der Waals surface area (Å²) < 4.78 is 0. The molecule has 0 aromatic carbocycles. The van der Waals surface area contributed by atoms with Crippen LogP contribution in [-0.4, -0.2) is 16.9 Å². The minimum atomic E-state index is -0.254. The van der Waals surface area contributed by atoms with Crippen LogP contribution in [0.5, 0.6) is 0 Å². The van der Waals surface area contributed by atoms with E-state index in [1.54, 1.807) is 5.48 Å². The monoisotopic (exact) mass is 626 g/mol. The lowest BCUT2D eigenvalue weighted by Crippen LogP contribution is -2.17. The lowest BCUT2D eigenvalue weighted by atomic mass is 10.0. The molecule has 3 nitrogen and oxygen atoms in total. The molecule has 0 fully saturated rings. The van der Waals surface area contributed by atoms with E-state index in [-0.39, 0.29) is 5.91 Å². The predicted octanol–water partition coefficient (Wildman–Crippen LogP) is 13.9. The average molecular weight is 626 g/mol. The molecule has 0 rings (SSSR count). The molecule has 43 heavy (non-hydrogen) atoms. The van der Waals surface area contributed by atoms with Gasteiger partial charge in [-0.2, -0.15) is 12.6 Å². The predicted molar refractivity (Wildman–Crippen MR) is 195 cm³/mol. The van der Waals surface area contributed by atoms with Gasteiger partial charge in [-0.3, -0.25) is 10.0 Å². The highest BCUT2D eigenvalue weighted by Gasteiger charge is 1.99. The fraction of sp³-hybridized carbons (Fsp3) is 0.974. The summed E-state index contributed by atoms with van der Waals surface area (Å²) in [6, 6.07) is 0. The van der Waals surface area contributed by atoms with Crippen LogP contribution in [0.3, 0.4) is 0 Å². The highest BCUT2D eigenvalue weighted by molar-refractivity contribution is 7.80. The molecule has 0 saturated heterocycles. The molecule has 0 spiro atoms. The Morgan fingerprint density at radius 2 is 0.488 bits per heavy atom. The van der Waals surface area contributed by atoms with Crippen LogP contribution in [0.1, 0.15) is 238 Å². The quantitative estimate of drug-likeness (QED) is 0.0277. The number of hydrogen-bond acceptors (Lipinski definition) is 3. The van der Waals surface area contributed by atoms with Gasteiger partial charge < -0.3 is 0 Å². The van der Waals surface area contributed by atoms with Crippen LogP contribution in [0, 0.1) is 0 Å². The Hall–Kier alpha value is -0.220. The van der Waals surface area contributed by atoms with Crippen LogP contribution in [0.2, 0.25) is 0 Å². The van der Waals surface area contributed by atoms with Gasteiger partial charge in [-0.05, 0) is 18.6 Å². The summed E-state index contributed by atoms with van der Waals surface area (Å²) in [4.78, 5) is 10.9. The van der Waals surface area contributed by atoms with E-state index in [1.807, 2.05) is 0 Å². The molecule has 0 saturated carbocycles. The third kappa shape index (κ3) is 39.8. The molecule has 0 atom stereocenters. The number of thiol groups is 1. The van der Waals surface area contributed by atoms with Crippen molar-refractivity contribution in [1.29, 1.82) is 0 Å². The number of rotatable bonds is 38. The van der Waals surface area contributed by atoms with Crippen LogP contribution in [0.4, 0.5) is 0 Å². The summed E-state index contributed by atoms with van der Waals surface area (Å²) in [5.74, 6) is 0.808. The number of amides is 1. The van der Waals surface area contributed by atoms with Gasteiger partial charge in [0.2, 0.25) is 5.91 Å². The van der Waals surface area contributed by atoms with E-state index in [2.05, 4.69) is 12.6 Å². The zero-order valence-electron chi connectivity index (χ0n) is 29.2. The van der Waals surface area contributed by atoms with Crippen molar-refractivity contribution in [1.82, 2.24) is 5.48 Å². The molecule has 0 unspecified atom stereocenters. The van der Waals surface area contributed by atoms with Gasteiger partial charge in [0.1, 0.15) is 0 Å². The molecular formula is C39H79NO2S. The van der Waals surface area contributed by atoms with Crippen molar-refractivity contribution in [2.24, 2.45) is 0 Å². The van der Waals surface area contributed by atoms with Gasteiger partial charge in [-0.25, -0.2) is 5.48 Å². The highest BCUT2D eigenvalue weighted by atomic mass is 32.1. The summed E-state index contributed by atoms with van der Waals surface area (Å²) >= 11 is 4.29. The second-order valence-corrected chi connectivity index (χ2v) is 14.2. The van der Waals surface area contributed by atoms with Gasteiger partial charge in [-0.15, -0.1) is 0 Å². The average Bonchev–Trinajstić information content (AvgIpc) is 3.02. The van der Waals surface area contributed by atoms with Crippen LogP contribution >= 0.6 is 12.6 Å². The largest absolute Gasteiger partial charge is 0.289 e. The maximum Gasteiger partial charge on any atom is 0.243 e. The second-order valence-electron chi connectivity index (χ2n) is 13.7. The summed E-state index contributed by atoms with van der Waals surface area (Å²) in [5, 5.41) is 8.46. The SMILES string of the molecule is O=C(CCCCCCCCCCCCCCCCCCCCCCCCCCCCCCCCCCCCCCS)NO. The first-order valence-corrected chi connectivity index (χ1v) is 20.5. The lowest BCUT2D eigenvalue weighted by molar-refractivity contribution is -0.129. The Morgan fingerprint density at radius 1 is 0.326 bits per heavy atom. The summed E-state index contributed by atoms with van der Waals surface area (Å²) in [7, 11) is 0. The molecule has 2 N–H and O–H groups in total. The molecule has 258 valence electrons. The molecule has 0 aliphatic heterocycles. The molecule has 0 aromatic rings. The molecule has 0 aliphatic rings. The van der Waals surface area contributed by atoms with Crippen LogP contribution in [0.25, 0.3) is 0 Å². The van der Waals surface area contributed by atoms with E-state index in [1.165, 1.54) is 218 Å². The van der Waals surface area contributed by atoms with E-state index in [4.69, 9.17) is 5.21 Å². The molecule has 0 heterocycles. The maximum absolute atomic E-state index is 10.9. The summed E-state index contributed by atoms with van der Waals surface area (Å²) in [6.45, 7) is 0. The Bertz CT molecular complexity index is 515. The molecule has 0 radical (unpaired) electrons. The van der Waals surface area contributed by atoms with Gasteiger partial charge in [-0.1, -0.05) is 218 Å². The van der Waals surface area contributed by atoms with Gasteiger partial charge in [0, 0.05) is 6.42 Å². The molecule has 0 bridgehead atoms. The normalized spacial score (nSPS) is 11.4. The second kappa shape index (κ2) is 39.8. The number of hydroxylamine groups is 1. The summed E-state index contributed by atoms with van der Waals surface area (Å²) in [5.41, 5.74) is 1.70. The van der Waals surface area contributed by atoms with Crippen molar-refractivity contribution < 1.29 is 10.0 Å². The third-order valence-corrected chi connectivity index (χ3v) is 9.75. The first kappa shape index (κ1) is 42.8. The number of carbonyl (C=O) groups is 1. The van der Waals surface area contributed by atoms with E-state index >= 15 is 0 Å². The fourth-order valence-corrected chi connectivity index (χ4v) is 6.69. The van der Waals surface area contributed by atoms with Crippen molar-refractivity contribution in [3.05, 3.63) is 0 Å². The zero-order valence-corrected chi connectivity index (χ0v) is 30.1. The van der Waals surface area contributed by atoms with Crippen LogP contribution in [-0.2, 0) is 4.79 Å². The molecule has 1 amide bonds. The van der Waals surface area contributed by atoms with E-state index in [0.29, 0.717) is 6.42 Å².